The largest absolute Gasteiger partial charge is 0.476 e. The first kappa shape index (κ1) is 10.7. The maximum Gasteiger partial charge on any atom is 0.357 e. The Bertz CT molecular complexity index is 433. The van der Waals surface area contributed by atoms with E-state index in [1.54, 1.807) is 0 Å². The van der Waals surface area contributed by atoms with Crippen molar-refractivity contribution in [2.45, 2.75) is 6.61 Å². The maximum atomic E-state index is 10.5. The van der Waals surface area contributed by atoms with Crippen molar-refractivity contribution in [2.24, 2.45) is 0 Å². The van der Waals surface area contributed by atoms with Crippen LogP contribution in [0.4, 0.5) is 0 Å². The molecule has 0 aliphatic heterocycles. The summed E-state index contributed by atoms with van der Waals surface area (Å²) in [6.45, 7) is -0.411. The molecule has 0 saturated carbocycles. The topological polar surface area (TPSA) is 107 Å². The van der Waals surface area contributed by atoms with Gasteiger partial charge in [-0.1, -0.05) is 0 Å². The molecule has 0 aromatic carbocycles. The summed E-state index contributed by atoms with van der Waals surface area (Å²) in [4.78, 5) is 13.8. The average molecular weight is 221 g/mol. The molecule has 1 aromatic heterocycles. The molecule has 1 aromatic rings. The molecular formula is C6H7NO6S. The van der Waals surface area contributed by atoms with Crippen LogP contribution in [0, 0.1) is 0 Å². The molecule has 0 aliphatic rings. The van der Waals surface area contributed by atoms with Crippen molar-refractivity contribution < 1.29 is 26.9 Å². The second-order valence-electron chi connectivity index (χ2n) is 2.40. The standard InChI is InChI=1S/C6H7NO6S/c1-14(10,11)13-3-5-7-4(2-12-5)6(8)9/h2H,3H2,1H3,(H,8,9). The third-order valence-corrected chi connectivity index (χ3v) is 1.71. The van der Waals surface area contributed by atoms with Gasteiger partial charge in [-0.05, 0) is 0 Å². The molecular weight excluding hydrogens is 214 g/mol. The molecule has 14 heavy (non-hydrogen) atoms. The Morgan fingerprint density at radius 1 is 1.71 bits per heavy atom. The summed E-state index contributed by atoms with van der Waals surface area (Å²) >= 11 is 0. The predicted octanol–water partition coefficient (Wildman–Crippen LogP) is -0.151. The third-order valence-electron chi connectivity index (χ3n) is 1.17. The Hall–Kier alpha value is -1.41. The van der Waals surface area contributed by atoms with Crippen LogP contribution >= 0.6 is 0 Å². The second kappa shape index (κ2) is 3.76. The zero-order chi connectivity index (χ0) is 10.8. The van der Waals surface area contributed by atoms with Crippen LogP contribution in [-0.4, -0.2) is 30.7 Å². The van der Waals surface area contributed by atoms with Crippen molar-refractivity contribution in [1.29, 1.82) is 0 Å². The zero-order valence-corrected chi connectivity index (χ0v) is 7.94. The summed E-state index contributed by atoms with van der Waals surface area (Å²) in [5, 5.41) is 8.44. The van der Waals surface area contributed by atoms with Gasteiger partial charge < -0.3 is 9.52 Å². The first-order valence-corrected chi connectivity index (χ1v) is 5.22. The lowest BCUT2D eigenvalue weighted by atomic mass is 10.5. The molecule has 0 atom stereocenters. The number of carbonyl (C=O) groups is 1. The molecule has 0 bridgehead atoms. The Morgan fingerprint density at radius 2 is 2.36 bits per heavy atom. The van der Waals surface area contributed by atoms with Crippen LogP contribution in [0.25, 0.3) is 0 Å². The highest BCUT2D eigenvalue weighted by Gasteiger charge is 2.12. The van der Waals surface area contributed by atoms with Crippen LogP contribution in [0.1, 0.15) is 16.4 Å². The highest BCUT2D eigenvalue weighted by atomic mass is 32.2. The summed E-state index contributed by atoms with van der Waals surface area (Å²) in [6, 6.07) is 0. The van der Waals surface area contributed by atoms with E-state index < -0.39 is 22.7 Å². The molecule has 1 rings (SSSR count). The second-order valence-corrected chi connectivity index (χ2v) is 4.04. The van der Waals surface area contributed by atoms with Gasteiger partial charge in [-0.15, -0.1) is 0 Å². The van der Waals surface area contributed by atoms with Crippen molar-refractivity contribution in [3.8, 4) is 0 Å². The van der Waals surface area contributed by atoms with E-state index in [0.29, 0.717) is 0 Å². The van der Waals surface area contributed by atoms with Crippen LogP contribution in [-0.2, 0) is 20.9 Å². The number of rotatable bonds is 4. The SMILES string of the molecule is CS(=O)(=O)OCc1nc(C(=O)O)co1. The average Bonchev–Trinajstić information content (AvgIpc) is 2.47. The molecule has 0 unspecified atom stereocenters. The van der Waals surface area contributed by atoms with E-state index >= 15 is 0 Å². The Labute approximate surface area is 79.4 Å². The number of nitrogens with zero attached hydrogens (tertiary/aromatic N) is 1. The minimum atomic E-state index is -3.58. The summed E-state index contributed by atoms with van der Waals surface area (Å²) in [5.41, 5.74) is -0.294. The fourth-order valence-electron chi connectivity index (χ4n) is 0.633. The number of aromatic carboxylic acids is 1. The monoisotopic (exact) mass is 221 g/mol. The number of aromatic nitrogens is 1. The van der Waals surface area contributed by atoms with Crippen molar-refractivity contribution in [1.82, 2.24) is 4.98 Å². The number of carboxylic acid groups (broad SMARTS) is 1. The van der Waals surface area contributed by atoms with Gasteiger partial charge in [0.25, 0.3) is 10.1 Å². The van der Waals surface area contributed by atoms with Gasteiger partial charge in [0.1, 0.15) is 12.9 Å². The minimum Gasteiger partial charge on any atom is -0.476 e. The molecule has 1 heterocycles. The highest BCUT2D eigenvalue weighted by molar-refractivity contribution is 7.85. The minimum absolute atomic E-state index is 0.104. The fourth-order valence-corrected chi connectivity index (χ4v) is 0.948. The van der Waals surface area contributed by atoms with E-state index in [9.17, 15) is 13.2 Å². The van der Waals surface area contributed by atoms with Crippen molar-refractivity contribution in [2.75, 3.05) is 6.26 Å². The summed E-state index contributed by atoms with van der Waals surface area (Å²) in [6.07, 6.45) is 1.78. The Kier molecular flexibility index (Phi) is 2.87. The van der Waals surface area contributed by atoms with Crippen molar-refractivity contribution >= 4 is 16.1 Å². The number of hydrogen-bond donors (Lipinski definition) is 1. The summed E-state index contributed by atoms with van der Waals surface area (Å²) < 4.78 is 30.0. The van der Waals surface area contributed by atoms with Crippen LogP contribution in [0.2, 0.25) is 0 Å². The van der Waals surface area contributed by atoms with Gasteiger partial charge in [0.05, 0.1) is 6.26 Å². The van der Waals surface area contributed by atoms with Crippen LogP contribution < -0.4 is 0 Å². The maximum absolute atomic E-state index is 10.5. The molecule has 0 aliphatic carbocycles. The normalized spacial score (nSPS) is 11.5. The fraction of sp³-hybridized carbons (Fsp3) is 0.333. The van der Waals surface area contributed by atoms with Gasteiger partial charge in [-0.3, -0.25) is 4.18 Å². The number of oxazole rings is 1. The Morgan fingerprint density at radius 3 is 2.79 bits per heavy atom. The molecule has 1 N–H and O–H groups in total. The van der Waals surface area contributed by atoms with Gasteiger partial charge in [0.15, 0.2) is 5.69 Å². The molecule has 0 spiro atoms. The smallest absolute Gasteiger partial charge is 0.357 e. The van der Waals surface area contributed by atoms with E-state index in [0.717, 1.165) is 12.5 Å². The highest BCUT2D eigenvalue weighted by Crippen LogP contribution is 2.04. The molecule has 0 saturated heterocycles. The number of carboxylic acids is 1. The molecule has 7 nitrogen and oxygen atoms in total. The molecule has 0 radical (unpaired) electrons. The number of hydrogen-bond acceptors (Lipinski definition) is 6. The third kappa shape index (κ3) is 3.15. The van der Waals surface area contributed by atoms with E-state index in [2.05, 4.69) is 13.6 Å². The van der Waals surface area contributed by atoms with Gasteiger partial charge in [-0.25, -0.2) is 9.78 Å². The van der Waals surface area contributed by atoms with Crippen LogP contribution in [0.3, 0.4) is 0 Å². The molecule has 78 valence electrons. The van der Waals surface area contributed by atoms with E-state index in [1.165, 1.54) is 0 Å². The van der Waals surface area contributed by atoms with Gasteiger partial charge in [0.2, 0.25) is 5.89 Å². The van der Waals surface area contributed by atoms with Gasteiger partial charge in [0, 0.05) is 0 Å². The van der Waals surface area contributed by atoms with Crippen LogP contribution in [0.15, 0.2) is 10.7 Å². The summed E-state index contributed by atoms with van der Waals surface area (Å²) in [5.74, 6) is -1.35. The predicted molar refractivity (Wildman–Crippen MR) is 43.1 cm³/mol. The molecule has 0 amide bonds. The van der Waals surface area contributed by atoms with E-state index in [-0.39, 0.29) is 11.6 Å². The quantitative estimate of drug-likeness (QED) is 0.704. The lowest BCUT2D eigenvalue weighted by Gasteiger charge is -1.94. The molecule has 8 heteroatoms. The zero-order valence-electron chi connectivity index (χ0n) is 7.13. The Balaban J connectivity index is 2.65. The first-order valence-electron chi connectivity index (χ1n) is 3.40. The first-order chi connectivity index (χ1) is 6.38. The lowest BCUT2D eigenvalue weighted by Crippen LogP contribution is -2.03. The van der Waals surface area contributed by atoms with Gasteiger partial charge >= 0.3 is 5.97 Å². The van der Waals surface area contributed by atoms with Crippen molar-refractivity contribution in [3.63, 3.8) is 0 Å². The van der Waals surface area contributed by atoms with Crippen molar-refractivity contribution in [3.05, 3.63) is 17.8 Å². The molecule has 0 fully saturated rings. The van der Waals surface area contributed by atoms with Crippen LogP contribution in [0.5, 0.6) is 0 Å². The van der Waals surface area contributed by atoms with E-state index in [4.69, 9.17) is 5.11 Å². The van der Waals surface area contributed by atoms with Gasteiger partial charge in [-0.2, -0.15) is 8.42 Å². The van der Waals surface area contributed by atoms with E-state index in [1.807, 2.05) is 0 Å². The lowest BCUT2D eigenvalue weighted by molar-refractivity contribution is 0.0690. The summed E-state index contributed by atoms with van der Waals surface area (Å²) in [7, 11) is -3.58.